The average molecular weight is 188 g/mol. The Balaban J connectivity index is 2.32. The van der Waals surface area contributed by atoms with Crippen LogP contribution in [0.4, 0.5) is 0 Å². The molecule has 1 fully saturated rings. The normalized spacial score (nSPS) is 20.7. The molecule has 0 amide bonds. The molecule has 0 aromatic heterocycles. The van der Waals surface area contributed by atoms with Crippen molar-refractivity contribution in [2.45, 2.75) is 51.4 Å². The highest BCUT2D eigenvalue weighted by Gasteiger charge is 2.29. The van der Waals surface area contributed by atoms with Gasteiger partial charge in [-0.05, 0) is 36.3 Å². The average Bonchev–Trinajstić information content (AvgIpc) is 2.19. The molecule has 2 rings (SSSR count). The van der Waals surface area contributed by atoms with Gasteiger partial charge in [-0.15, -0.1) is 0 Å². The van der Waals surface area contributed by atoms with Gasteiger partial charge in [0.15, 0.2) is 0 Å². The minimum Gasteiger partial charge on any atom is -0.0620 e. The highest BCUT2D eigenvalue weighted by molar-refractivity contribution is 5.33. The molecule has 0 heterocycles. The van der Waals surface area contributed by atoms with E-state index in [1.807, 2.05) is 0 Å². The molecule has 1 saturated carbocycles. The SMILES string of the molecule is Cc1ccccc1C1(C)CCCCC1. The van der Waals surface area contributed by atoms with Crippen LogP contribution in [-0.2, 0) is 5.41 Å². The fraction of sp³-hybridized carbons (Fsp3) is 0.571. The van der Waals surface area contributed by atoms with Crippen molar-refractivity contribution in [2.24, 2.45) is 0 Å². The smallest absolute Gasteiger partial charge is 0.00726 e. The van der Waals surface area contributed by atoms with Gasteiger partial charge in [-0.2, -0.15) is 0 Å². The molecule has 0 heteroatoms. The number of benzene rings is 1. The van der Waals surface area contributed by atoms with Gasteiger partial charge in [0.25, 0.3) is 0 Å². The predicted octanol–water partition coefficient (Wildman–Crippen LogP) is 4.22. The molecule has 0 radical (unpaired) electrons. The number of rotatable bonds is 1. The maximum Gasteiger partial charge on any atom is -0.00726 e. The van der Waals surface area contributed by atoms with Crippen LogP contribution in [0.15, 0.2) is 24.3 Å². The van der Waals surface area contributed by atoms with Gasteiger partial charge in [0, 0.05) is 0 Å². The third-order valence-electron chi connectivity index (χ3n) is 3.75. The third-order valence-corrected chi connectivity index (χ3v) is 3.75. The van der Waals surface area contributed by atoms with Crippen molar-refractivity contribution in [3.8, 4) is 0 Å². The second kappa shape index (κ2) is 3.76. The lowest BCUT2D eigenvalue weighted by atomic mass is 9.70. The van der Waals surface area contributed by atoms with Gasteiger partial charge in [0.1, 0.15) is 0 Å². The van der Waals surface area contributed by atoms with E-state index >= 15 is 0 Å². The molecule has 0 atom stereocenters. The van der Waals surface area contributed by atoms with Crippen LogP contribution in [-0.4, -0.2) is 0 Å². The first kappa shape index (κ1) is 9.76. The number of hydrogen-bond donors (Lipinski definition) is 0. The van der Waals surface area contributed by atoms with Crippen molar-refractivity contribution in [3.63, 3.8) is 0 Å². The Labute approximate surface area is 87.3 Å². The molecule has 0 unspecified atom stereocenters. The van der Waals surface area contributed by atoms with E-state index in [4.69, 9.17) is 0 Å². The summed E-state index contributed by atoms with van der Waals surface area (Å²) < 4.78 is 0. The Morgan fingerprint density at radius 2 is 1.64 bits per heavy atom. The quantitative estimate of drug-likeness (QED) is 0.619. The van der Waals surface area contributed by atoms with Crippen LogP contribution in [0.1, 0.15) is 50.2 Å². The molecule has 1 aromatic carbocycles. The maximum atomic E-state index is 2.44. The van der Waals surface area contributed by atoms with Crippen LogP contribution in [0.2, 0.25) is 0 Å². The van der Waals surface area contributed by atoms with E-state index in [9.17, 15) is 0 Å². The third kappa shape index (κ3) is 1.70. The predicted molar refractivity (Wildman–Crippen MR) is 61.6 cm³/mol. The molecular weight excluding hydrogens is 168 g/mol. The van der Waals surface area contributed by atoms with Crippen molar-refractivity contribution in [1.82, 2.24) is 0 Å². The summed E-state index contributed by atoms with van der Waals surface area (Å²) in [6.07, 6.45) is 6.99. The van der Waals surface area contributed by atoms with Crippen molar-refractivity contribution in [1.29, 1.82) is 0 Å². The van der Waals surface area contributed by atoms with E-state index in [2.05, 4.69) is 38.1 Å². The van der Waals surface area contributed by atoms with Gasteiger partial charge >= 0.3 is 0 Å². The standard InChI is InChI=1S/C14H20/c1-12-8-4-5-9-13(12)14(2)10-6-3-7-11-14/h4-5,8-9H,3,6-7,10-11H2,1-2H3. The largest absolute Gasteiger partial charge is 0.0620 e. The summed E-state index contributed by atoms with van der Waals surface area (Å²) in [7, 11) is 0. The van der Waals surface area contributed by atoms with E-state index in [1.54, 1.807) is 5.56 Å². The zero-order valence-electron chi connectivity index (χ0n) is 9.34. The summed E-state index contributed by atoms with van der Waals surface area (Å²) in [5.41, 5.74) is 3.51. The lowest BCUT2D eigenvalue weighted by Crippen LogP contribution is -2.25. The van der Waals surface area contributed by atoms with Gasteiger partial charge in [0.2, 0.25) is 0 Å². The van der Waals surface area contributed by atoms with Crippen LogP contribution >= 0.6 is 0 Å². The minimum atomic E-state index is 0.462. The summed E-state index contributed by atoms with van der Waals surface area (Å²) in [5.74, 6) is 0. The van der Waals surface area contributed by atoms with Crippen molar-refractivity contribution < 1.29 is 0 Å². The number of aryl methyl sites for hydroxylation is 1. The molecule has 1 aliphatic rings. The molecule has 0 spiro atoms. The fourth-order valence-electron chi connectivity index (χ4n) is 2.85. The lowest BCUT2D eigenvalue weighted by molar-refractivity contribution is 0.318. The maximum absolute atomic E-state index is 2.44. The summed E-state index contributed by atoms with van der Waals surface area (Å²) in [6.45, 7) is 4.68. The van der Waals surface area contributed by atoms with Crippen LogP contribution in [0.25, 0.3) is 0 Å². The monoisotopic (exact) mass is 188 g/mol. The lowest BCUT2D eigenvalue weighted by Gasteiger charge is -2.35. The Morgan fingerprint density at radius 1 is 1.00 bits per heavy atom. The second-order valence-electron chi connectivity index (χ2n) is 4.94. The summed E-state index contributed by atoms with van der Waals surface area (Å²) >= 11 is 0. The fourth-order valence-corrected chi connectivity index (χ4v) is 2.85. The highest BCUT2D eigenvalue weighted by Crippen LogP contribution is 2.39. The summed E-state index contributed by atoms with van der Waals surface area (Å²) in [5, 5.41) is 0. The topological polar surface area (TPSA) is 0 Å². The molecule has 0 saturated heterocycles. The zero-order valence-corrected chi connectivity index (χ0v) is 9.34. The molecular formula is C14H20. The first-order valence-corrected chi connectivity index (χ1v) is 5.78. The van der Waals surface area contributed by atoms with Crippen LogP contribution in [0.5, 0.6) is 0 Å². The van der Waals surface area contributed by atoms with E-state index < -0.39 is 0 Å². The van der Waals surface area contributed by atoms with Gasteiger partial charge in [-0.3, -0.25) is 0 Å². The summed E-state index contributed by atoms with van der Waals surface area (Å²) in [6, 6.07) is 8.89. The highest BCUT2D eigenvalue weighted by atomic mass is 14.3. The Bertz CT molecular complexity index is 306. The summed E-state index contributed by atoms with van der Waals surface area (Å²) in [4.78, 5) is 0. The van der Waals surface area contributed by atoms with Crippen molar-refractivity contribution in [3.05, 3.63) is 35.4 Å². The number of hydrogen-bond acceptors (Lipinski definition) is 0. The molecule has 1 aromatic rings. The molecule has 0 aliphatic heterocycles. The van der Waals surface area contributed by atoms with Crippen LogP contribution in [0.3, 0.4) is 0 Å². The van der Waals surface area contributed by atoms with E-state index in [1.165, 1.54) is 37.7 Å². The first-order valence-electron chi connectivity index (χ1n) is 5.78. The molecule has 0 bridgehead atoms. The van der Waals surface area contributed by atoms with Crippen LogP contribution < -0.4 is 0 Å². The van der Waals surface area contributed by atoms with E-state index in [0.717, 1.165) is 0 Å². The molecule has 1 aliphatic carbocycles. The molecule has 0 N–H and O–H groups in total. The van der Waals surface area contributed by atoms with Crippen molar-refractivity contribution in [2.75, 3.05) is 0 Å². The molecule has 76 valence electrons. The van der Waals surface area contributed by atoms with Gasteiger partial charge < -0.3 is 0 Å². The van der Waals surface area contributed by atoms with Gasteiger partial charge in [-0.25, -0.2) is 0 Å². The Hall–Kier alpha value is -0.780. The van der Waals surface area contributed by atoms with Crippen LogP contribution in [0, 0.1) is 6.92 Å². The Morgan fingerprint density at radius 3 is 2.29 bits per heavy atom. The van der Waals surface area contributed by atoms with Gasteiger partial charge in [-0.1, -0.05) is 50.5 Å². The van der Waals surface area contributed by atoms with Gasteiger partial charge in [0.05, 0.1) is 0 Å². The van der Waals surface area contributed by atoms with E-state index in [-0.39, 0.29) is 0 Å². The van der Waals surface area contributed by atoms with E-state index in [0.29, 0.717) is 5.41 Å². The zero-order chi connectivity index (χ0) is 10.0. The first-order chi connectivity index (χ1) is 6.72. The van der Waals surface area contributed by atoms with Crippen molar-refractivity contribution >= 4 is 0 Å². The molecule has 14 heavy (non-hydrogen) atoms. The molecule has 0 nitrogen and oxygen atoms in total. The Kier molecular flexibility index (Phi) is 2.62. The second-order valence-corrected chi connectivity index (χ2v) is 4.94. The minimum absolute atomic E-state index is 0.462.